The van der Waals surface area contributed by atoms with Gasteiger partial charge in [0.15, 0.2) is 5.69 Å². The first kappa shape index (κ1) is 23.1. The molecule has 0 atom stereocenters. The fourth-order valence-corrected chi connectivity index (χ4v) is 4.52. The number of hydrogen-bond donors (Lipinski definition) is 1. The number of nitrogens with one attached hydrogen (secondary N) is 1. The lowest BCUT2D eigenvalue weighted by Gasteiger charge is -2.38. The first-order valence-electron chi connectivity index (χ1n) is 9.99. The van der Waals surface area contributed by atoms with Gasteiger partial charge >= 0.3 is 0 Å². The molecule has 9 heteroatoms. The second kappa shape index (κ2) is 10.1. The highest BCUT2D eigenvalue weighted by molar-refractivity contribution is 6.35. The van der Waals surface area contributed by atoms with Crippen LogP contribution in [0.25, 0.3) is 0 Å². The van der Waals surface area contributed by atoms with Crippen molar-refractivity contribution in [1.82, 2.24) is 15.3 Å². The van der Waals surface area contributed by atoms with Crippen molar-refractivity contribution in [1.29, 1.82) is 0 Å². The van der Waals surface area contributed by atoms with Gasteiger partial charge in [0.1, 0.15) is 0 Å². The van der Waals surface area contributed by atoms with Gasteiger partial charge in [-0.15, -0.1) is 0 Å². The van der Waals surface area contributed by atoms with Crippen molar-refractivity contribution in [3.63, 3.8) is 0 Å². The number of amides is 1. The van der Waals surface area contributed by atoms with Gasteiger partial charge in [-0.2, -0.15) is 0 Å². The van der Waals surface area contributed by atoms with Gasteiger partial charge in [-0.25, -0.2) is 9.97 Å². The van der Waals surface area contributed by atoms with Crippen LogP contribution in [0.4, 0.5) is 5.95 Å². The molecule has 1 aromatic heterocycles. The minimum Gasteiger partial charge on any atom is -0.381 e. The van der Waals surface area contributed by atoms with Crippen molar-refractivity contribution < 1.29 is 9.53 Å². The van der Waals surface area contributed by atoms with Crippen LogP contribution in [-0.4, -0.2) is 48.7 Å². The molecule has 0 bridgehead atoms. The minimum absolute atomic E-state index is 0.165. The second-order valence-corrected chi connectivity index (χ2v) is 8.49. The van der Waals surface area contributed by atoms with Crippen LogP contribution in [0.2, 0.25) is 15.1 Å². The zero-order valence-corrected chi connectivity index (χ0v) is 19.3. The summed E-state index contributed by atoms with van der Waals surface area (Å²) in [5, 5.41) is 4.39. The minimum atomic E-state index is -0.350. The van der Waals surface area contributed by atoms with E-state index >= 15 is 0 Å². The Morgan fingerprint density at radius 2 is 1.87 bits per heavy atom. The number of halogens is 3. The fourth-order valence-electron chi connectivity index (χ4n) is 3.73. The summed E-state index contributed by atoms with van der Waals surface area (Å²) in [4.78, 5) is 23.6. The zero-order chi connectivity index (χ0) is 21.7. The topological polar surface area (TPSA) is 67.4 Å². The number of carbonyl (C=O) groups excluding carboxylic acids is 1. The Morgan fingerprint density at radius 3 is 2.50 bits per heavy atom. The molecule has 1 aromatic carbocycles. The standard InChI is InChI=1S/C21H25Cl3N4O2/c1-3-28(4-2)20-25-12-17(24)18(27-20)19(29)26-13-21(7-9-30-10-8-21)15-6-5-14(22)11-16(15)23/h5-6,11-12H,3-4,7-10,13H2,1-2H3,(H,26,29). The molecule has 0 spiro atoms. The van der Waals surface area contributed by atoms with Crippen LogP contribution in [0, 0.1) is 0 Å². The van der Waals surface area contributed by atoms with Gasteiger partial charge in [0.05, 0.1) is 11.2 Å². The van der Waals surface area contributed by atoms with E-state index in [1.165, 1.54) is 6.20 Å². The van der Waals surface area contributed by atoms with E-state index in [1.807, 2.05) is 30.9 Å². The van der Waals surface area contributed by atoms with E-state index in [4.69, 9.17) is 39.5 Å². The molecule has 0 unspecified atom stereocenters. The summed E-state index contributed by atoms with van der Waals surface area (Å²) in [5.74, 6) is 0.142. The van der Waals surface area contributed by atoms with Crippen LogP contribution < -0.4 is 10.2 Å². The first-order valence-corrected chi connectivity index (χ1v) is 11.1. The fraction of sp³-hybridized carbons (Fsp3) is 0.476. The van der Waals surface area contributed by atoms with Crippen molar-refractivity contribution in [2.24, 2.45) is 0 Å². The number of aromatic nitrogens is 2. The largest absolute Gasteiger partial charge is 0.381 e. The number of hydrogen-bond acceptors (Lipinski definition) is 5. The molecule has 0 saturated carbocycles. The highest BCUT2D eigenvalue weighted by atomic mass is 35.5. The van der Waals surface area contributed by atoms with Gasteiger partial charge < -0.3 is 15.0 Å². The predicted molar refractivity (Wildman–Crippen MR) is 121 cm³/mol. The van der Waals surface area contributed by atoms with Crippen molar-refractivity contribution in [2.75, 3.05) is 37.7 Å². The average molecular weight is 472 g/mol. The van der Waals surface area contributed by atoms with E-state index in [0.29, 0.717) is 35.8 Å². The molecule has 0 radical (unpaired) electrons. The maximum absolute atomic E-state index is 13.0. The third kappa shape index (κ3) is 4.99. The molecular formula is C21H25Cl3N4O2. The summed E-state index contributed by atoms with van der Waals surface area (Å²) in [6, 6.07) is 5.48. The van der Waals surface area contributed by atoms with Crippen molar-refractivity contribution >= 4 is 46.7 Å². The molecule has 1 N–H and O–H groups in total. The molecule has 2 aromatic rings. The third-order valence-corrected chi connectivity index (χ3v) is 6.36. The van der Waals surface area contributed by atoms with Crippen LogP contribution in [0.5, 0.6) is 0 Å². The Balaban J connectivity index is 1.84. The Kier molecular flexibility index (Phi) is 7.80. The van der Waals surface area contributed by atoms with E-state index in [9.17, 15) is 4.79 Å². The first-order chi connectivity index (χ1) is 14.4. The van der Waals surface area contributed by atoms with Crippen LogP contribution in [0.3, 0.4) is 0 Å². The van der Waals surface area contributed by atoms with Crippen molar-refractivity contribution in [3.05, 3.63) is 50.7 Å². The van der Waals surface area contributed by atoms with Crippen molar-refractivity contribution in [2.45, 2.75) is 32.1 Å². The normalized spacial score (nSPS) is 15.6. The van der Waals surface area contributed by atoms with E-state index in [-0.39, 0.29) is 22.0 Å². The highest BCUT2D eigenvalue weighted by Gasteiger charge is 2.37. The van der Waals surface area contributed by atoms with Crippen LogP contribution >= 0.6 is 34.8 Å². The van der Waals surface area contributed by atoms with E-state index < -0.39 is 0 Å². The number of benzene rings is 1. The molecule has 3 rings (SSSR count). The monoisotopic (exact) mass is 470 g/mol. The van der Waals surface area contributed by atoms with E-state index in [0.717, 1.165) is 31.5 Å². The number of ether oxygens (including phenoxy) is 1. The van der Waals surface area contributed by atoms with Crippen LogP contribution in [-0.2, 0) is 10.2 Å². The number of nitrogens with zero attached hydrogens (tertiary/aromatic N) is 3. The number of anilines is 1. The third-order valence-electron chi connectivity index (χ3n) is 5.53. The summed E-state index contributed by atoms with van der Waals surface area (Å²) < 4.78 is 5.56. The summed E-state index contributed by atoms with van der Waals surface area (Å²) in [5.41, 5.74) is 0.768. The van der Waals surface area contributed by atoms with E-state index in [2.05, 4.69) is 15.3 Å². The molecule has 1 saturated heterocycles. The lowest BCUT2D eigenvalue weighted by molar-refractivity contribution is 0.0487. The molecule has 162 valence electrons. The average Bonchev–Trinajstić information content (AvgIpc) is 2.74. The smallest absolute Gasteiger partial charge is 0.271 e. The molecule has 1 aliphatic heterocycles. The SMILES string of the molecule is CCN(CC)c1ncc(Cl)c(C(=O)NCC2(c3ccc(Cl)cc3Cl)CCOCC2)n1. The molecular weight excluding hydrogens is 447 g/mol. The Labute approximate surface area is 191 Å². The summed E-state index contributed by atoms with van der Waals surface area (Å²) in [7, 11) is 0. The zero-order valence-electron chi connectivity index (χ0n) is 17.1. The lowest BCUT2D eigenvalue weighted by Crippen LogP contribution is -2.45. The van der Waals surface area contributed by atoms with Gasteiger partial charge in [0.25, 0.3) is 5.91 Å². The molecule has 1 aliphatic rings. The van der Waals surface area contributed by atoms with Crippen LogP contribution in [0.1, 0.15) is 42.7 Å². The molecule has 6 nitrogen and oxygen atoms in total. The van der Waals surface area contributed by atoms with Crippen LogP contribution in [0.15, 0.2) is 24.4 Å². The summed E-state index contributed by atoms with van der Waals surface area (Å²) in [6.45, 7) is 7.05. The van der Waals surface area contributed by atoms with Gasteiger partial charge in [-0.05, 0) is 44.4 Å². The van der Waals surface area contributed by atoms with Gasteiger partial charge in [0.2, 0.25) is 5.95 Å². The molecule has 0 aliphatic carbocycles. The number of rotatable bonds is 7. The Hall–Kier alpha value is -1.60. The number of carbonyl (C=O) groups is 1. The van der Waals surface area contributed by atoms with E-state index in [1.54, 1.807) is 6.07 Å². The van der Waals surface area contributed by atoms with Gasteiger partial charge in [-0.3, -0.25) is 4.79 Å². The Bertz CT molecular complexity index is 900. The van der Waals surface area contributed by atoms with Gasteiger partial charge in [-0.1, -0.05) is 40.9 Å². The molecule has 2 heterocycles. The predicted octanol–water partition coefficient (Wildman–Crippen LogP) is 4.76. The second-order valence-electron chi connectivity index (χ2n) is 7.24. The molecule has 1 fully saturated rings. The quantitative estimate of drug-likeness (QED) is 0.630. The summed E-state index contributed by atoms with van der Waals surface area (Å²) >= 11 is 18.8. The molecule has 30 heavy (non-hydrogen) atoms. The highest BCUT2D eigenvalue weighted by Crippen LogP contribution is 2.39. The Morgan fingerprint density at radius 1 is 1.17 bits per heavy atom. The van der Waals surface area contributed by atoms with Gasteiger partial charge in [0, 0.05) is 48.3 Å². The lowest BCUT2D eigenvalue weighted by atomic mass is 9.74. The van der Waals surface area contributed by atoms with Crippen molar-refractivity contribution in [3.8, 4) is 0 Å². The maximum Gasteiger partial charge on any atom is 0.271 e. The maximum atomic E-state index is 13.0. The molecule has 1 amide bonds. The summed E-state index contributed by atoms with van der Waals surface area (Å²) in [6.07, 6.45) is 2.94.